The number of aromatic nitrogens is 3. The molecule has 116 valence electrons. The third-order valence-electron chi connectivity index (χ3n) is 2.76. The van der Waals surface area contributed by atoms with E-state index in [-0.39, 0.29) is 18.0 Å². The number of carboxylic acids is 2. The highest BCUT2D eigenvalue weighted by molar-refractivity contribution is 5.86. The van der Waals surface area contributed by atoms with Gasteiger partial charge in [-0.05, 0) is 12.1 Å². The molecule has 0 saturated carbocycles. The monoisotopic (exact) mass is 307 g/mol. The third kappa shape index (κ3) is 3.32. The van der Waals surface area contributed by atoms with Crippen LogP contribution in [0.2, 0.25) is 0 Å². The smallest absolute Gasteiger partial charge is 0.358 e. The minimum Gasteiger partial charge on any atom is -0.493 e. The van der Waals surface area contributed by atoms with Crippen molar-refractivity contribution in [2.75, 3.05) is 7.11 Å². The van der Waals surface area contributed by atoms with Crippen LogP contribution < -0.4 is 9.47 Å². The number of para-hydroxylation sites is 2. The number of hydrogen-bond acceptors (Lipinski definition) is 6. The highest BCUT2D eigenvalue weighted by Gasteiger charge is 2.21. The van der Waals surface area contributed by atoms with Crippen molar-refractivity contribution in [3.05, 3.63) is 35.7 Å². The maximum atomic E-state index is 11.1. The summed E-state index contributed by atoms with van der Waals surface area (Å²) in [6.07, 6.45) is 0. The quantitative estimate of drug-likeness (QED) is 0.764. The van der Waals surface area contributed by atoms with Crippen molar-refractivity contribution in [1.82, 2.24) is 15.0 Å². The Morgan fingerprint density at radius 3 is 2.50 bits per heavy atom. The zero-order valence-corrected chi connectivity index (χ0v) is 11.6. The molecule has 9 heteroatoms. The molecule has 0 aliphatic rings. The predicted molar refractivity (Wildman–Crippen MR) is 71.9 cm³/mol. The summed E-state index contributed by atoms with van der Waals surface area (Å²) in [5, 5.41) is 24.9. The Bertz CT molecular complexity index is 697. The molecule has 0 unspecified atom stereocenters. The molecule has 0 aliphatic carbocycles. The highest BCUT2D eigenvalue weighted by Crippen LogP contribution is 2.26. The molecule has 1 aromatic heterocycles. The van der Waals surface area contributed by atoms with Crippen molar-refractivity contribution in [3.8, 4) is 11.5 Å². The molecule has 22 heavy (non-hydrogen) atoms. The Balaban J connectivity index is 2.25. The molecule has 0 bridgehead atoms. The first-order valence-electron chi connectivity index (χ1n) is 6.16. The number of aliphatic carboxylic acids is 1. The van der Waals surface area contributed by atoms with Gasteiger partial charge in [-0.1, -0.05) is 17.3 Å². The molecule has 2 aromatic rings. The Hall–Kier alpha value is -3.10. The van der Waals surface area contributed by atoms with Gasteiger partial charge in [0.2, 0.25) is 0 Å². The first kappa shape index (κ1) is 15.3. The minimum atomic E-state index is -1.31. The zero-order chi connectivity index (χ0) is 16.1. The van der Waals surface area contributed by atoms with E-state index >= 15 is 0 Å². The van der Waals surface area contributed by atoms with Crippen LogP contribution in [0.1, 0.15) is 16.2 Å². The van der Waals surface area contributed by atoms with Gasteiger partial charge in [0.1, 0.15) is 18.8 Å². The van der Waals surface area contributed by atoms with Crippen LogP contribution in [-0.2, 0) is 17.9 Å². The lowest BCUT2D eigenvalue weighted by molar-refractivity contribution is -0.138. The maximum absolute atomic E-state index is 11.1. The molecule has 0 saturated heterocycles. The van der Waals surface area contributed by atoms with Gasteiger partial charge in [0, 0.05) is 0 Å². The van der Waals surface area contributed by atoms with Gasteiger partial charge in [-0.2, -0.15) is 0 Å². The summed E-state index contributed by atoms with van der Waals surface area (Å²) in [6, 6.07) is 6.80. The van der Waals surface area contributed by atoms with Gasteiger partial charge in [0.15, 0.2) is 17.2 Å². The van der Waals surface area contributed by atoms with Crippen LogP contribution in [0.5, 0.6) is 11.5 Å². The van der Waals surface area contributed by atoms with Gasteiger partial charge >= 0.3 is 11.9 Å². The Morgan fingerprint density at radius 2 is 1.91 bits per heavy atom. The molecule has 0 amide bonds. The average molecular weight is 307 g/mol. The number of carbonyl (C=O) groups is 2. The highest BCUT2D eigenvalue weighted by atomic mass is 16.5. The maximum Gasteiger partial charge on any atom is 0.358 e. The summed E-state index contributed by atoms with van der Waals surface area (Å²) in [6.45, 7) is -0.715. The van der Waals surface area contributed by atoms with Crippen molar-refractivity contribution >= 4 is 11.9 Å². The van der Waals surface area contributed by atoms with E-state index < -0.39 is 18.5 Å². The number of benzene rings is 1. The molecule has 0 spiro atoms. The second-order valence-corrected chi connectivity index (χ2v) is 4.18. The summed E-state index contributed by atoms with van der Waals surface area (Å²) < 4.78 is 11.6. The Labute approximate surface area is 124 Å². The van der Waals surface area contributed by atoms with E-state index in [1.54, 1.807) is 24.3 Å². The molecular formula is C13H13N3O6. The number of methoxy groups -OCH3 is 1. The molecule has 1 heterocycles. The summed E-state index contributed by atoms with van der Waals surface area (Å²) in [5.41, 5.74) is -0.294. The lowest BCUT2D eigenvalue weighted by atomic mass is 10.3. The largest absolute Gasteiger partial charge is 0.493 e. The number of hydrogen-bond donors (Lipinski definition) is 2. The molecule has 0 aliphatic heterocycles. The number of rotatable bonds is 7. The fraction of sp³-hybridized carbons (Fsp3) is 0.231. The van der Waals surface area contributed by atoms with Crippen LogP contribution >= 0.6 is 0 Å². The van der Waals surface area contributed by atoms with Crippen LogP contribution in [0.15, 0.2) is 24.3 Å². The predicted octanol–water partition coefficient (Wildman–Crippen LogP) is 0.648. The van der Waals surface area contributed by atoms with E-state index in [1.807, 2.05) is 0 Å². The standard InChI is InChI=1S/C13H13N3O6/c1-21-9-4-2-3-5-10(9)22-7-8-12(13(19)20)14-15-16(8)6-11(17)18/h2-5H,6-7H2,1H3,(H,17,18)(H,19,20). The zero-order valence-electron chi connectivity index (χ0n) is 11.6. The molecule has 1 aromatic carbocycles. The van der Waals surface area contributed by atoms with Gasteiger partial charge in [-0.3, -0.25) is 4.79 Å². The fourth-order valence-electron chi connectivity index (χ4n) is 1.78. The average Bonchev–Trinajstić information content (AvgIpc) is 2.87. The van der Waals surface area contributed by atoms with Gasteiger partial charge < -0.3 is 19.7 Å². The SMILES string of the molecule is COc1ccccc1OCc1c(C(=O)O)nnn1CC(=O)O. The van der Waals surface area contributed by atoms with Gasteiger partial charge in [-0.25, -0.2) is 9.48 Å². The lowest BCUT2D eigenvalue weighted by Crippen LogP contribution is -2.16. The summed E-state index contributed by atoms with van der Waals surface area (Å²) in [4.78, 5) is 21.9. The topological polar surface area (TPSA) is 124 Å². The summed E-state index contributed by atoms with van der Waals surface area (Å²) in [5.74, 6) is -1.61. The molecule has 0 atom stereocenters. The van der Waals surface area contributed by atoms with E-state index in [0.717, 1.165) is 4.68 Å². The van der Waals surface area contributed by atoms with Gasteiger partial charge in [-0.15, -0.1) is 5.10 Å². The first-order chi connectivity index (χ1) is 10.5. The van der Waals surface area contributed by atoms with E-state index in [0.29, 0.717) is 11.5 Å². The van der Waals surface area contributed by atoms with Crippen LogP contribution in [-0.4, -0.2) is 44.3 Å². The van der Waals surface area contributed by atoms with Gasteiger partial charge in [0.25, 0.3) is 0 Å². The first-order valence-corrected chi connectivity index (χ1v) is 6.16. The van der Waals surface area contributed by atoms with Crippen molar-refractivity contribution in [2.45, 2.75) is 13.2 Å². The van der Waals surface area contributed by atoms with E-state index in [4.69, 9.17) is 19.7 Å². The normalized spacial score (nSPS) is 10.2. The lowest BCUT2D eigenvalue weighted by Gasteiger charge is -2.11. The molecular weight excluding hydrogens is 294 g/mol. The number of nitrogens with zero attached hydrogens (tertiary/aromatic N) is 3. The molecule has 0 radical (unpaired) electrons. The molecule has 0 fully saturated rings. The number of ether oxygens (including phenoxy) is 2. The van der Waals surface area contributed by atoms with Crippen LogP contribution in [0, 0.1) is 0 Å². The van der Waals surface area contributed by atoms with Crippen molar-refractivity contribution in [3.63, 3.8) is 0 Å². The molecule has 9 nitrogen and oxygen atoms in total. The third-order valence-corrected chi connectivity index (χ3v) is 2.76. The van der Waals surface area contributed by atoms with Gasteiger partial charge in [0.05, 0.1) is 7.11 Å². The van der Waals surface area contributed by atoms with E-state index in [9.17, 15) is 9.59 Å². The summed E-state index contributed by atoms with van der Waals surface area (Å²) in [7, 11) is 1.47. The van der Waals surface area contributed by atoms with Crippen LogP contribution in [0.3, 0.4) is 0 Å². The van der Waals surface area contributed by atoms with Crippen LogP contribution in [0.25, 0.3) is 0 Å². The fourth-order valence-corrected chi connectivity index (χ4v) is 1.78. The molecule has 2 N–H and O–H groups in total. The number of aromatic carboxylic acids is 1. The summed E-state index contributed by atoms with van der Waals surface area (Å²) >= 11 is 0. The second kappa shape index (κ2) is 6.57. The van der Waals surface area contributed by atoms with Crippen molar-refractivity contribution in [2.24, 2.45) is 0 Å². The Morgan fingerprint density at radius 1 is 1.23 bits per heavy atom. The van der Waals surface area contributed by atoms with Crippen molar-refractivity contribution in [1.29, 1.82) is 0 Å². The number of carboxylic acid groups (broad SMARTS) is 2. The Kier molecular flexibility index (Phi) is 4.57. The minimum absolute atomic E-state index is 0.0563. The van der Waals surface area contributed by atoms with Crippen LogP contribution in [0.4, 0.5) is 0 Å². The van der Waals surface area contributed by atoms with E-state index in [1.165, 1.54) is 7.11 Å². The molecule has 2 rings (SSSR count). The van der Waals surface area contributed by atoms with Crippen molar-refractivity contribution < 1.29 is 29.3 Å². The van der Waals surface area contributed by atoms with E-state index in [2.05, 4.69) is 10.3 Å². The second-order valence-electron chi connectivity index (χ2n) is 4.18.